The lowest BCUT2D eigenvalue weighted by Gasteiger charge is -2.19. The van der Waals surface area contributed by atoms with E-state index >= 15 is 0 Å². The SMILES string of the molecule is COc1ccc(COC(=O)[C@H](CC(C)C)NS(=O)(=O)c2ccc(C)cc2)cc1F. The zero-order valence-electron chi connectivity index (χ0n) is 16.9. The normalized spacial score (nSPS) is 12.6. The lowest BCUT2D eigenvalue weighted by molar-refractivity contribution is -0.147. The first-order chi connectivity index (χ1) is 13.6. The van der Waals surface area contributed by atoms with Crippen LogP contribution in [0.25, 0.3) is 0 Å². The predicted octanol–water partition coefficient (Wildman–Crippen LogP) is 3.58. The largest absolute Gasteiger partial charge is 0.494 e. The third kappa shape index (κ3) is 6.54. The zero-order valence-corrected chi connectivity index (χ0v) is 17.8. The number of hydrogen-bond acceptors (Lipinski definition) is 5. The van der Waals surface area contributed by atoms with Gasteiger partial charge in [-0.2, -0.15) is 4.72 Å². The third-order valence-corrected chi connectivity index (χ3v) is 5.71. The van der Waals surface area contributed by atoms with Crippen molar-refractivity contribution in [1.29, 1.82) is 0 Å². The first-order valence-corrected chi connectivity index (χ1v) is 10.7. The van der Waals surface area contributed by atoms with Crippen LogP contribution in [0.1, 0.15) is 31.4 Å². The van der Waals surface area contributed by atoms with Crippen LogP contribution in [0.3, 0.4) is 0 Å². The lowest BCUT2D eigenvalue weighted by Crippen LogP contribution is -2.42. The fraction of sp³-hybridized carbons (Fsp3) is 0.381. The number of carbonyl (C=O) groups excluding carboxylic acids is 1. The Kier molecular flexibility index (Phi) is 7.75. The summed E-state index contributed by atoms with van der Waals surface area (Å²) in [5.41, 5.74) is 1.36. The summed E-state index contributed by atoms with van der Waals surface area (Å²) in [5, 5.41) is 0. The Labute approximate surface area is 171 Å². The van der Waals surface area contributed by atoms with Crippen LogP contribution < -0.4 is 9.46 Å². The number of esters is 1. The molecular weight excluding hydrogens is 397 g/mol. The van der Waals surface area contributed by atoms with E-state index in [0.717, 1.165) is 5.56 Å². The van der Waals surface area contributed by atoms with Crippen LogP contribution in [0.2, 0.25) is 0 Å². The van der Waals surface area contributed by atoms with Crippen LogP contribution in [0, 0.1) is 18.7 Å². The molecule has 0 saturated heterocycles. The maximum Gasteiger partial charge on any atom is 0.324 e. The van der Waals surface area contributed by atoms with Gasteiger partial charge in [0.15, 0.2) is 11.6 Å². The Balaban J connectivity index is 2.11. The van der Waals surface area contributed by atoms with E-state index in [-0.39, 0.29) is 29.6 Å². The average Bonchev–Trinajstić information content (AvgIpc) is 2.65. The lowest BCUT2D eigenvalue weighted by atomic mass is 10.1. The molecule has 1 N–H and O–H groups in total. The van der Waals surface area contributed by atoms with Gasteiger partial charge >= 0.3 is 5.97 Å². The summed E-state index contributed by atoms with van der Waals surface area (Å²) in [6.07, 6.45) is 0.265. The molecule has 0 aromatic heterocycles. The van der Waals surface area contributed by atoms with Crippen molar-refractivity contribution in [2.45, 2.75) is 44.7 Å². The van der Waals surface area contributed by atoms with Gasteiger partial charge < -0.3 is 9.47 Å². The molecule has 0 fully saturated rings. The molecule has 158 valence electrons. The molecule has 1 atom stereocenters. The van der Waals surface area contributed by atoms with Crippen molar-refractivity contribution in [2.24, 2.45) is 5.92 Å². The van der Waals surface area contributed by atoms with Gasteiger partial charge in [-0.15, -0.1) is 0 Å². The molecule has 0 bridgehead atoms. The maximum atomic E-state index is 13.8. The molecule has 29 heavy (non-hydrogen) atoms. The Morgan fingerprint density at radius 1 is 1.14 bits per heavy atom. The summed E-state index contributed by atoms with van der Waals surface area (Å²) in [6.45, 7) is 5.42. The predicted molar refractivity (Wildman–Crippen MR) is 107 cm³/mol. The van der Waals surface area contributed by atoms with E-state index in [1.807, 2.05) is 20.8 Å². The van der Waals surface area contributed by atoms with E-state index in [2.05, 4.69) is 4.72 Å². The number of carbonyl (C=O) groups is 1. The highest BCUT2D eigenvalue weighted by molar-refractivity contribution is 7.89. The van der Waals surface area contributed by atoms with Crippen molar-refractivity contribution in [2.75, 3.05) is 7.11 Å². The highest BCUT2D eigenvalue weighted by Gasteiger charge is 2.27. The Hall–Kier alpha value is -2.45. The Bertz CT molecular complexity index is 942. The van der Waals surface area contributed by atoms with Crippen LogP contribution in [0.5, 0.6) is 5.75 Å². The van der Waals surface area contributed by atoms with Crippen LogP contribution in [-0.4, -0.2) is 27.5 Å². The van der Waals surface area contributed by atoms with E-state index in [4.69, 9.17) is 9.47 Å². The third-order valence-electron chi connectivity index (χ3n) is 4.22. The molecule has 0 saturated carbocycles. The first kappa shape index (κ1) is 22.8. The molecular formula is C21H26FNO5S. The van der Waals surface area contributed by atoms with E-state index in [1.165, 1.54) is 31.4 Å². The molecule has 8 heteroatoms. The number of rotatable bonds is 9. The Morgan fingerprint density at radius 3 is 2.34 bits per heavy atom. The first-order valence-electron chi connectivity index (χ1n) is 9.20. The zero-order chi connectivity index (χ0) is 21.6. The molecule has 0 spiro atoms. The highest BCUT2D eigenvalue weighted by atomic mass is 32.2. The maximum absolute atomic E-state index is 13.8. The number of benzene rings is 2. The van der Waals surface area contributed by atoms with Gasteiger partial charge in [-0.1, -0.05) is 37.6 Å². The van der Waals surface area contributed by atoms with Gasteiger partial charge in [-0.3, -0.25) is 4.79 Å². The molecule has 0 radical (unpaired) electrons. The topological polar surface area (TPSA) is 81.7 Å². The smallest absolute Gasteiger partial charge is 0.324 e. The van der Waals surface area contributed by atoms with Gasteiger partial charge in [0.05, 0.1) is 12.0 Å². The average molecular weight is 424 g/mol. The number of ether oxygens (including phenoxy) is 2. The van der Waals surface area contributed by atoms with Crippen LogP contribution in [0.15, 0.2) is 47.4 Å². The molecule has 2 aromatic rings. The van der Waals surface area contributed by atoms with Crippen molar-refractivity contribution >= 4 is 16.0 Å². The van der Waals surface area contributed by atoms with E-state index in [1.54, 1.807) is 18.2 Å². The number of aryl methyl sites for hydroxylation is 1. The molecule has 0 aliphatic rings. The van der Waals surface area contributed by atoms with Gasteiger partial charge in [0, 0.05) is 0 Å². The molecule has 2 aromatic carbocycles. The second kappa shape index (κ2) is 9.84. The number of nitrogens with one attached hydrogen (secondary N) is 1. The highest BCUT2D eigenvalue weighted by Crippen LogP contribution is 2.19. The summed E-state index contributed by atoms with van der Waals surface area (Å²) in [4.78, 5) is 12.6. The van der Waals surface area contributed by atoms with Crippen molar-refractivity contribution in [3.8, 4) is 5.75 Å². The van der Waals surface area contributed by atoms with Gasteiger partial charge in [-0.05, 0) is 49.1 Å². The standard InChI is InChI=1S/C21H26FNO5S/c1-14(2)11-19(23-29(25,26)17-8-5-15(3)6-9-17)21(24)28-13-16-7-10-20(27-4)18(22)12-16/h5-10,12,14,19,23H,11,13H2,1-4H3/t19-/m0/s1. The summed E-state index contributed by atoms with van der Waals surface area (Å²) < 4.78 is 51.6. The van der Waals surface area contributed by atoms with E-state index in [9.17, 15) is 17.6 Å². The fourth-order valence-corrected chi connectivity index (χ4v) is 3.89. The molecule has 0 aliphatic heterocycles. The number of hydrogen-bond donors (Lipinski definition) is 1. The van der Waals surface area contributed by atoms with E-state index in [0.29, 0.717) is 5.56 Å². The summed E-state index contributed by atoms with van der Waals surface area (Å²) in [6, 6.07) is 9.49. The van der Waals surface area contributed by atoms with E-state index < -0.39 is 27.9 Å². The molecule has 0 heterocycles. The number of sulfonamides is 1. The second-order valence-electron chi connectivity index (χ2n) is 7.19. The van der Waals surface area contributed by atoms with Crippen molar-refractivity contribution in [1.82, 2.24) is 4.72 Å². The van der Waals surface area contributed by atoms with Gasteiger partial charge in [0.1, 0.15) is 12.6 Å². The van der Waals surface area contributed by atoms with Crippen LogP contribution in [-0.2, 0) is 26.2 Å². The minimum atomic E-state index is -3.89. The van der Waals surface area contributed by atoms with Crippen molar-refractivity contribution < 1.29 is 27.1 Å². The number of methoxy groups -OCH3 is 1. The molecule has 0 unspecified atom stereocenters. The summed E-state index contributed by atoms with van der Waals surface area (Å²) >= 11 is 0. The fourth-order valence-electron chi connectivity index (χ4n) is 2.69. The molecule has 0 aliphatic carbocycles. The minimum absolute atomic E-state index is 0.0479. The quantitative estimate of drug-likeness (QED) is 0.624. The summed E-state index contributed by atoms with van der Waals surface area (Å²) in [5.74, 6) is -1.15. The molecule has 2 rings (SSSR count). The minimum Gasteiger partial charge on any atom is -0.494 e. The van der Waals surface area contributed by atoms with Gasteiger partial charge in [-0.25, -0.2) is 12.8 Å². The summed E-state index contributed by atoms with van der Waals surface area (Å²) in [7, 11) is -2.54. The van der Waals surface area contributed by atoms with Gasteiger partial charge in [0.2, 0.25) is 10.0 Å². The van der Waals surface area contributed by atoms with Crippen LogP contribution >= 0.6 is 0 Å². The van der Waals surface area contributed by atoms with Gasteiger partial charge in [0.25, 0.3) is 0 Å². The molecule has 6 nitrogen and oxygen atoms in total. The van der Waals surface area contributed by atoms with Crippen molar-refractivity contribution in [3.05, 3.63) is 59.4 Å². The molecule has 0 amide bonds. The monoisotopic (exact) mass is 423 g/mol. The number of halogens is 1. The van der Waals surface area contributed by atoms with Crippen LogP contribution in [0.4, 0.5) is 4.39 Å². The second-order valence-corrected chi connectivity index (χ2v) is 8.91. The van der Waals surface area contributed by atoms with Crippen molar-refractivity contribution in [3.63, 3.8) is 0 Å². The Morgan fingerprint density at radius 2 is 1.79 bits per heavy atom.